The molecular weight excluding hydrogens is 720 g/mol. The molecule has 0 nitrogen and oxygen atoms in total. The van der Waals surface area contributed by atoms with Crippen molar-refractivity contribution in [3.05, 3.63) is 0 Å². The van der Waals surface area contributed by atoms with E-state index in [2.05, 4.69) is 0 Å². The fourth-order valence-corrected chi connectivity index (χ4v) is 0. The first-order chi connectivity index (χ1) is 0. The molecule has 0 amide bonds. The summed E-state index contributed by atoms with van der Waals surface area (Å²) in [6, 6.07) is 0. The Morgan fingerprint density at radius 1 is 0.500 bits per heavy atom. The van der Waals surface area contributed by atoms with Crippen molar-refractivity contribution in [1.82, 2.24) is 0 Å². The van der Waals surface area contributed by atoms with Crippen molar-refractivity contribution in [3.63, 3.8) is 0 Å². The van der Waals surface area contributed by atoms with Crippen LogP contribution in [0.25, 0.3) is 0 Å². The first-order valence-corrected chi connectivity index (χ1v) is 0. The van der Waals surface area contributed by atoms with E-state index in [4.69, 9.17) is 0 Å². The molecule has 0 heterocycles. The third-order valence-corrected chi connectivity index (χ3v) is 0. The molecule has 0 fully saturated rings. The minimum Gasteiger partial charge on any atom is 0 e. The van der Waals surface area contributed by atoms with Crippen molar-refractivity contribution in [2.75, 3.05) is 0 Å². The summed E-state index contributed by atoms with van der Waals surface area (Å²) in [5.41, 5.74) is 0. The van der Waals surface area contributed by atoms with Crippen molar-refractivity contribution in [2.24, 2.45) is 0 Å². The minimum absolute atomic E-state index is 0. The van der Waals surface area contributed by atoms with Gasteiger partial charge in [-0.05, 0) is 0 Å². The van der Waals surface area contributed by atoms with E-state index < -0.39 is 0 Å². The first-order valence-electron chi connectivity index (χ1n) is 0. The zero-order valence-corrected chi connectivity index (χ0v) is 17.5. The van der Waals surface area contributed by atoms with Gasteiger partial charge in [-0.2, -0.15) is 0 Å². The fourth-order valence-electron chi connectivity index (χ4n) is 0. The smallest absolute Gasteiger partial charge is 0 e. The quantitative estimate of drug-likeness (QED) is 0.245. The molecule has 8 heavy (non-hydrogen) atoms. The molecule has 0 aliphatic rings. The van der Waals surface area contributed by atoms with Gasteiger partial charge in [0.1, 0.15) is 0 Å². The van der Waals surface area contributed by atoms with Crippen molar-refractivity contribution in [2.45, 2.75) is 0 Å². The van der Waals surface area contributed by atoms with Crippen LogP contribution in [0.15, 0.2) is 0 Å². The average Bonchev–Trinajstić information content (AvgIpc) is 0. The van der Waals surface area contributed by atoms with Crippen LogP contribution < -0.4 is 0 Å². The van der Waals surface area contributed by atoms with E-state index in [0.29, 0.717) is 0 Å². The van der Waals surface area contributed by atoms with E-state index in [1.165, 1.54) is 0 Å². The molecular formula is H6Al2Mo2Nb2Nd2. The molecule has 42 valence electrons. The Bertz CT molecular complexity index is 16.0. The average molecular weight is 726 g/mol. The van der Waals surface area contributed by atoms with Gasteiger partial charge in [0.05, 0.1) is 0 Å². The van der Waals surface area contributed by atoms with E-state index in [0.717, 1.165) is 0 Å². The Morgan fingerprint density at radius 3 is 0.500 bits per heavy atom. The zero-order chi connectivity index (χ0) is 0. The predicted octanol–water partition coefficient (Wildman–Crippen LogP) is -2.38. The van der Waals surface area contributed by atoms with Crippen molar-refractivity contribution in [3.8, 4) is 0 Å². The van der Waals surface area contributed by atoms with Crippen LogP contribution in [-0.4, -0.2) is 34.7 Å². The van der Waals surface area contributed by atoms with Crippen LogP contribution in [0.3, 0.4) is 0 Å². The van der Waals surface area contributed by atoms with Crippen LogP contribution in [0, 0.1) is 81.7 Å². The minimum atomic E-state index is 0. The largest absolute Gasteiger partial charge is 0.187 e. The topological polar surface area (TPSA) is 0 Å². The summed E-state index contributed by atoms with van der Waals surface area (Å²) in [5.74, 6) is 0. The maximum absolute atomic E-state index is 0. The van der Waals surface area contributed by atoms with E-state index in [1.807, 2.05) is 0 Å². The third-order valence-electron chi connectivity index (χ3n) is 0. The van der Waals surface area contributed by atoms with Gasteiger partial charge in [-0.1, -0.05) is 0 Å². The van der Waals surface area contributed by atoms with Crippen LogP contribution in [0.2, 0.25) is 0 Å². The van der Waals surface area contributed by atoms with Gasteiger partial charge in [-0.25, -0.2) is 0 Å². The molecule has 0 aromatic rings. The van der Waals surface area contributed by atoms with Crippen molar-refractivity contribution in [1.29, 1.82) is 0 Å². The van der Waals surface area contributed by atoms with E-state index >= 15 is 0 Å². The molecule has 8 heteroatoms. The van der Waals surface area contributed by atoms with Crippen LogP contribution in [0.1, 0.15) is 0 Å². The van der Waals surface area contributed by atoms with Gasteiger partial charge in [-0.15, -0.1) is 0 Å². The molecule has 0 rings (SSSR count). The summed E-state index contributed by atoms with van der Waals surface area (Å²) in [6.07, 6.45) is 0. The third kappa shape index (κ3) is 38.9. The van der Waals surface area contributed by atoms with Crippen LogP contribution in [0.5, 0.6) is 0 Å². The van der Waals surface area contributed by atoms with E-state index in [1.54, 1.807) is 0 Å². The Balaban J connectivity index is 0. The molecule has 0 unspecified atom stereocenters. The maximum atomic E-state index is 0. The van der Waals surface area contributed by atoms with Gasteiger partial charge >= 0.3 is 0 Å². The normalized spacial score (nSPS) is 0. The number of hydrogen-bond donors (Lipinski definition) is 0. The SMILES string of the molecule is [AlH3].[AlH3].[Mo].[Mo].[Nb].[Nb].[Nd].[Nd]. The fraction of sp³-hybridized carbons (Fsp3) is 0. The van der Waals surface area contributed by atoms with Gasteiger partial charge in [0.2, 0.25) is 0 Å². The van der Waals surface area contributed by atoms with Gasteiger partial charge in [0.25, 0.3) is 0 Å². The van der Waals surface area contributed by atoms with E-state index in [9.17, 15) is 0 Å². The Kier molecular flexibility index (Phi) is 383. The summed E-state index contributed by atoms with van der Waals surface area (Å²) in [6.45, 7) is 0. The second-order valence-electron chi connectivity index (χ2n) is 0. The Morgan fingerprint density at radius 2 is 0.500 bits per heavy atom. The van der Waals surface area contributed by atoms with Gasteiger partial charge in [0, 0.05) is 169 Å². The second-order valence-corrected chi connectivity index (χ2v) is 0. The Hall–Kier alpha value is 6.62. The number of hydrogen-bond acceptors (Lipinski definition) is 0. The maximum Gasteiger partial charge on any atom is 0.187 e. The molecule has 0 spiro atoms. The summed E-state index contributed by atoms with van der Waals surface area (Å²) in [4.78, 5) is 0. The van der Waals surface area contributed by atoms with Crippen molar-refractivity contribution < 1.29 is 169 Å². The zero-order valence-electron chi connectivity index (χ0n) is 2.71. The molecule has 0 aromatic heterocycles. The molecule has 0 saturated carbocycles. The molecule has 0 atom stereocenters. The number of rotatable bonds is 0. The summed E-state index contributed by atoms with van der Waals surface area (Å²) < 4.78 is 0. The molecule has 2 radical (unpaired) electrons. The summed E-state index contributed by atoms with van der Waals surface area (Å²) in [7, 11) is 0. The second kappa shape index (κ2) is 49.5. The summed E-state index contributed by atoms with van der Waals surface area (Å²) in [5, 5.41) is 0. The van der Waals surface area contributed by atoms with Crippen LogP contribution in [-0.2, 0) is 86.9 Å². The van der Waals surface area contributed by atoms with Gasteiger partial charge in [0.15, 0.2) is 34.7 Å². The predicted molar refractivity (Wildman–Crippen MR) is 19.9 cm³/mol. The molecule has 0 aliphatic heterocycles. The molecule has 0 N–H and O–H groups in total. The van der Waals surface area contributed by atoms with Gasteiger partial charge in [-0.3, -0.25) is 0 Å². The molecule has 0 aliphatic carbocycles. The Labute approximate surface area is 197 Å². The molecule has 0 saturated heterocycles. The summed E-state index contributed by atoms with van der Waals surface area (Å²) >= 11 is 0. The first kappa shape index (κ1) is 61.9. The monoisotopic (exact) mass is 725 g/mol. The van der Waals surface area contributed by atoms with Crippen LogP contribution >= 0.6 is 0 Å². The molecule has 0 bridgehead atoms. The van der Waals surface area contributed by atoms with Crippen molar-refractivity contribution >= 4 is 34.7 Å². The van der Waals surface area contributed by atoms with Gasteiger partial charge < -0.3 is 0 Å². The van der Waals surface area contributed by atoms with E-state index in [-0.39, 0.29) is 203 Å². The molecule has 0 aromatic carbocycles. The van der Waals surface area contributed by atoms with Crippen LogP contribution in [0.4, 0.5) is 0 Å². The standard InChI is InChI=1S/2Al.2Mo.2Nb.2Nd.6H.